The Hall–Kier alpha value is -3.89. The van der Waals surface area contributed by atoms with Crippen molar-refractivity contribution >= 4 is 56.2 Å². The first-order valence-electron chi connectivity index (χ1n) is 10.4. The summed E-state index contributed by atoms with van der Waals surface area (Å²) in [5.74, 6) is -0.320. The van der Waals surface area contributed by atoms with Gasteiger partial charge in [0.05, 0.1) is 22.6 Å². The number of hydrogen-bond acceptors (Lipinski definition) is 7. The van der Waals surface area contributed by atoms with Crippen LogP contribution in [0.4, 0.5) is 11.4 Å². The number of hydrogen-bond donors (Lipinski definition) is 1. The van der Waals surface area contributed by atoms with E-state index < -0.39 is 15.9 Å². The van der Waals surface area contributed by atoms with E-state index in [9.17, 15) is 18.0 Å². The fourth-order valence-electron chi connectivity index (χ4n) is 3.23. The third-order valence-electron chi connectivity index (χ3n) is 4.88. The number of methoxy groups -OCH3 is 1. The lowest BCUT2D eigenvalue weighted by Gasteiger charge is -2.16. The van der Waals surface area contributed by atoms with E-state index in [2.05, 4.69) is 10.3 Å². The van der Waals surface area contributed by atoms with Crippen molar-refractivity contribution < 1.29 is 22.7 Å². The average Bonchev–Trinajstić information content (AvgIpc) is 3.15. The van der Waals surface area contributed by atoms with Gasteiger partial charge >= 0.3 is 0 Å². The summed E-state index contributed by atoms with van der Waals surface area (Å²) in [6.07, 6.45) is 1.61. The first kappa shape index (κ1) is 24.2. The lowest BCUT2D eigenvalue weighted by Crippen LogP contribution is -2.35. The molecule has 0 saturated carbocycles. The van der Waals surface area contributed by atoms with Crippen molar-refractivity contribution in [1.82, 2.24) is 4.31 Å². The molecule has 0 unspecified atom stereocenters. The highest BCUT2D eigenvalue weighted by molar-refractivity contribution is 8.20. The average molecular weight is 508 g/mol. The third-order valence-corrected chi connectivity index (χ3v) is 7.65. The summed E-state index contributed by atoms with van der Waals surface area (Å²) in [7, 11) is -2.72. The second kappa shape index (κ2) is 10.2. The molecule has 0 atom stereocenters. The van der Waals surface area contributed by atoms with Crippen LogP contribution in [0, 0.1) is 0 Å². The number of para-hydroxylation sites is 1. The van der Waals surface area contributed by atoms with Gasteiger partial charge in [0.1, 0.15) is 5.75 Å². The summed E-state index contributed by atoms with van der Waals surface area (Å²) < 4.78 is 33.0. The highest BCUT2D eigenvalue weighted by atomic mass is 32.2. The Morgan fingerprint density at radius 2 is 1.66 bits per heavy atom. The summed E-state index contributed by atoms with van der Waals surface area (Å²) >= 11 is 0.980. The van der Waals surface area contributed by atoms with Gasteiger partial charge < -0.3 is 10.1 Å². The van der Waals surface area contributed by atoms with E-state index in [0.29, 0.717) is 27.0 Å². The predicted molar refractivity (Wildman–Crippen MR) is 137 cm³/mol. The molecule has 1 aliphatic heterocycles. The second-order valence-corrected chi connectivity index (χ2v) is 10.2. The Morgan fingerprint density at radius 3 is 2.26 bits per heavy atom. The van der Waals surface area contributed by atoms with Crippen LogP contribution < -0.4 is 10.1 Å². The van der Waals surface area contributed by atoms with Crippen LogP contribution in [0.3, 0.4) is 0 Å². The van der Waals surface area contributed by atoms with Gasteiger partial charge in [-0.15, -0.1) is 0 Å². The van der Waals surface area contributed by atoms with E-state index in [-0.39, 0.29) is 20.9 Å². The molecule has 10 heteroatoms. The summed E-state index contributed by atoms with van der Waals surface area (Å²) in [5, 5.41) is 2.61. The zero-order chi connectivity index (χ0) is 25.0. The molecular weight excluding hydrogens is 486 g/mol. The smallest absolute Gasteiger partial charge is 0.280 e. The minimum Gasteiger partial charge on any atom is -0.497 e. The number of sulfonamides is 1. The summed E-state index contributed by atoms with van der Waals surface area (Å²) in [6.45, 7) is 1.35. The van der Waals surface area contributed by atoms with E-state index >= 15 is 0 Å². The molecule has 2 amide bonds. The standard InChI is InChI=1S/C25H21N3O5S2/c1-17(29)26-20-10-14-22(15-11-20)35(31,32)28-24(30)23(16-18-8-12-21(33-2)13-9-18)34-25(28)27-19-6-4-3-5-7-19/h3-16H,1-2H3,(H,26,29)/b23-16+,27-25?. The lowest BCUT2D eigenvalue weighted by atomic mass is 10.2. The van der Waals surface area contributed by atoms with Crippen LogP contribution in [0.15, 0.2) is 93.7 Å². The highest BCUT2D eigenvalue weighted by Crippen LogP contribution is 2.38. The molecule has 3 aromatic carbocycles. The van der Waals surface area contributed by atoms with E-state index in [0.717, 1.165) is 11.8 Å². The highest BCUT2D eigenvalue weighted by Gasteiger charge is 2.42. The number of rotatable bonds is 6. The van der Waals surface area contributed by atoms with E-state index in [4.69, 9.17) is 4.74 Å². The number of anilines is 1. The number of amides is 2. The number of carbonyl (C=O) groups excluding carboxylic acids is 2. The topological polar surface area (TPSA) is 105 Å². The molecule has 0 radical (unpaired) electrons. The maximum atomic E-state index is 13.5. The van der Waals surface area contributed by atoms with Gasteiger partial charge in [0.2, 0.25) is 5.91 Å². The van der Waals surface area contributed by atoms with E-state index in [1.807, 2.05) is 6.07 Å². The van der Waals surface area contributed by atoms with Gasteiger partial charge in [-0.2, -0.15) is 4.31 Å². The number of benzene rings is 3. The van der Waals surface area contributed by atoms with Crippen molar-refractivity contribution in [3.63, 3.8) is 0 Å². The Balaban J connectivity index is 1.75. The maximum absolute atomic E-state index is 13.5. The molecule has 0 bridgehead atoms. The van der Waals surface area contributed by atoms with Crippen LogP contribution in [0.2, 0.25) is 0 Å². The van der Waals surface area contributed by atoms with Gasteiger partial charge in [-0.25, -0.2) is 13.4 Å². The number of aliphatic imine (C=N–C) groups is 1. The summed E-state index contributed by atoms with van der Waals surface area (Å²) in [6, 6.07) is 21.4. The summed E-state index contributed by atoms with van der Waals surface area (Å²) in [4.78, 5) is 29.2. The quantitative estimate of drug-likeness (QED) is 0.487. The van der Waals surface area contributed by atoms with Crippen LogP contribution in [-0.2, 0) is 19.6 Å². The third kappa shape index (κ3) is 5.44. The fourth-order valence-corrected chi connectivity index (χ4v) is 5.83. The molecule has 8 nitrogen and oxygen atoms in total. The fraction of sp³-hybridized carbons (Fsp3) is 0.0800. The zero-order valence-corrected chi connectivity index (χ0v) is 20.5. The van der Waals surface area contributed by atoms with Crippen molar-refractivity contribution in [2.45, 2.75) is 11.8 Å². The molecule has 0 spiro atoms. The SMILES string of the molecule is COc1ccc(/C=C2/SC(=Nc3ccccc3)N(S(=O)(=O)c3ccc(NC(C)=O)cc3)C2=O)cc1. The monoisotopic (exact) mass is 507 g/mol. The first-order valence-corrected chi connectivity index (χ1v) is 12.7. The minimum atomic E-state index is -4.28. The molecule has 1 heterocycles. The van der Waals surface area contributed by atoms with E-state index in [1.54, 1.807) is 61.7 Å². The van der Waals surface area contributed by atoms with Crippen molar-refractivity contribution in [3.05, 3.63) is 89.3 Å². The van der Waals surface area contributed by atoms with Crippen molar-refractivity contribution in [3.8, 4) is 5.75 Å². The zero-order valence-electron chi connectivity index (χ0n) is 18.8. The largest absolute Gasteiger partial charge is 0.497 e. The van der Waals surface area contributed by atoms with Crippen LogP contribution in [0.5, 0.6) is 5.75 Å². The number of amidine groups is 1. The van der Waals surface area contributed by atoms with Crippen molar-refractivity contribution in [2.75, 3.05) is 12.4 Å². The molecule has 3 aromatic rings. The van der Waals surface area contributed by atoms with Gasteiger partial charge in [0.25, 0.3) is 15.9 Å². The number of nitrogens with zero attached hydrogens (tertiary/aromatic N) is 2. The molecule has 1 fully saturated rings. The van der Waals surface area contributed by atoms with Gasteiger partial charge in [-0.3, -0.25) is 9.59 Å². The maximum Gasteiger partial charge on any atom is 0.280 e. The molecule has 178 valence electrons. The minimum absolute atomic E-state index is 0.0203. The number of thioether (sulfide) groups is 1. The number of ether oxygens (including phenoxy) is 1. The lowest BCUT2D eigenvalue weighted by molar-refractivity contribution is -0.119. The van der Waals surface area contributed by atoms with Crippen LogP contribution in [0.1, 0.15) is 12.5 Å². The molecule has 0 aliphatic carbocycles. The summed E-state index contributed by atoms with van der Waals surface area (Å²) in [5.41, 5.74) is 1.66. The van der Waals surface area contributed by atoms with Crippen LogP contribution >= 0.6 is 11.8 Å². The van der Waals surface area contributed by atoms with Crippen molar-refractivity contribution in [1.29, 1.82) is 0 Å². The second-order valence-electron chi connectivity index (χ2n) is 7.39. The Morgan fingerprint density at radius 1 is 1.00 bits per heavy atom. The molecular formula is C25H21N3O5S2. The molecule has 1 aliphatic rings. The van der Waals surface area contributed by atoms with Crippen molar-refractivity contribution in [2.24, 2.45) is 4.99 Å². The van der Waals surface area contributed by atoms with Crippen LogP contribution in [-0.4, -0.2) is 36.8 Å². The molecule has 35 heavy (non-hydrogen) atoms. The van der Waals surface area contributed by atoms with Crippen LogP contribution in [0.25, 0.3) is 6.08 Å². The molecule has 1 saturated heterocycles. The molecule has 1 N–H and O–H groups in total. The molecule has 0 aromatic heterocycles. The normalized spacial score (nSPS) is 16.1. The van der Waals surface area contributed by atoms with Gasteiger partial charge in [-0.05, 0) is 71.9 Å². The number of carbonyl (C=O) groups is 2. The van der Waals surface area contributed by atoms with Gasteiger partial charge in [0.15, 0.2) is 5.17 Å². The van der Waals surface area contributed by atoms with Gasteiger partial charge in [0, 0.05) is 12.6 Å². The first-order chi connectivity index (χ1) is 16.8. The Bertz CT molecular complexity index is 1420. The Labute approximate surface area is 207 Å². The number of nitrogens with one attached hydrogen (secondary N) is 1. The van der Waals surface area contributed by atoms with Gasteiger partial charge in [-0.1, -0.05) is 30.3 Å². The van der Waals surface area contributed by atoms with E-state index in [1.165, 1.54) is 31.2 Å². The predicted octanol–water partition coefficient (Wildman–Crippen LogP) is 4.65. The Kier molecular flexibility index (Phi) is 7.04. The molecule has 4 rings (SSSR count).